The maximum Gasteiger partial charge on any atom is 0.320 e. The van der Waals surface area contributed by atoms with Crippen LogP contribution < -0.4 is 11.1 Å². The first-order chi connectivity index (χ1) is 13.5. The number of amides is 1. The van der Waals surface area contributed by atoms with Crippen LogP contribution in [0.25, 0.3) is 22.8 Å². The second-order valence-corrected chi connectivity index (χ2v) is 6.51. The molecular formula is C19H18N6O3. The summed E-state index contributed by atoms with van der Waals surface area (Å²) in [6, 6.07) is 9.79. The lowest BCUT2D eigenvalue weighted by atomic mass is 10.0. The number of carboxylic acids is 1. The first kappa shape index (κ1) is 17.8. The molecule has 1 unspecified atom stereocenters. The molecule has 0 fully saturated rings. The summed E-state index contributed by atoms with van der Waals surface area (Å²) in [5.41, 5.74) is 8.87. The summed E-state index contributed by atoms with van der Waals surface area (Å²) in [4.78, 5) is 31.8. The van der Waals surface area contributed by atoms with Crippen molar-refractivity contribution >= 4 is 11.9 Å². The van der Waals surface area contributed by atoms with Crippen molar-refractivity contribution in [2.45, 2.75) is 19.0 Å². The Morgan fingerprint density at radius 2 is 2.14 bits per heavy atom. The maximum absolute atomic E-state index is 11.9. The quantitative estimate of drug-likeness (QED) is 0.594. The standard InChI is InChI=1S/C19H18N6O3/c20-13(19(27)28)9-11-2-1-3-12(8-11)17-21-5-4-14(23-17)15-10-16-18(26)22-6-7-25(16)24-15/h1-5,8,10,13H,6-7,9,20H2,(H,22,26)(H,27,28). The van der Waals surface area contributed by atoms with Gasteiger partial charge in [0.05, 0.1) is 12.2 Å². The molecule has 1 atom stereocenters. The Morgan fingerprint density at radius 1 is 1.29 bits per heavy atom. The van der Waals surface area contributed by atoms with Crippen LogP contribution in [0.3, 0.4) is 0 Å². The van der Waals surface area contributed by atoms with Gasteiger partial charge in [0, 0.05) is 18.3 Å². The zero-order valence-electron chi connectivity index (χ0n) is 14.9. The molecule has 28 heavy (non-hydrogen) atoms. The lowest BCUT2D eigenvalue weighted by molar-refractivity contribution is -0.138. The van der Waals surface area contributed by atoms with E-state index in [4.69, 9.17) is 10.8 Å². The maximum atomic E-state index is 11.9. The Hall–Kier alpha value is -3.59. The van der Waals surface area contributed by atoms with Gasteiger partial charge in [-0.2, -0.15) is 5.10 Å². The number of hydrogen-bond acceptors (Lipinski definition) is 6. The first-order valence-corrected chi connectivity index (χ1v) is 8.78. The van der Waals surface area contributed by atoms with Gasteiger partial charge in [-0.15, -0.1) is 0 Å². The van der Waals surface area contributed by atoms with Gasteiger partial charge in [0.15, 0.2) is 5.82 Å². The smallest absolute Gasteiger partial charge is 0.320 e. The van der Waals surface area contributed by atoms with E-state index >= 15 is 0 Å². The van der Waals surface area contributed by atoms with Gasteiger partial charge in [0.1, 0.15) is 17.4 Å². The Kier molecular flexibility index (Phi) is 4.58. The van der Waals surface area contributed by atoms with E-state index in [1.54, 1.807) is 23.0 Å². The Bertz CT molecular complexity index is 1060. The van der Waals surface area contributed by atoms with Crippen molar-refractivity contribution < 1.29 is 14.7 Å². The number of rotatable bonds is 5. The first-order valence-electron chi connectivity index (χ1n) is 8.78. The summed E-state index contributed by atoms with van der Waals surface area (Å²) in [5.74, 6) is -0.711. The molecule has 3 aromatic rings. The summed E-state index contributed by atoms with van der Waals surface area (Å²) in [7, 11) is 0. The topological polar surface area (TPSA) is 136 Å². The number of nitrogens with two attached hydrogens (primary N) is 1. The van der Waals surface area contributed by atoms with Crippen LogP contribution >= 0.6 is 0 Å². The van der Waals surface area contributed by atoms with E-state index in [1.165, 1.54) is 0 Å². The number of nitrogens with zero attached hydrogens (tertiary/aromatic N) is 4. The van der Waals surface area contributed by atoms with Gasteiger partial charge in [-0.3, -0.25) is 14.3 Å². The predicted octanol–water partition coefficient (Wildman–Crippen LogP) is 0.705. The second kappa shape index (κ2) is 7.20. The van der Waals surface area contributed by atoms with Gasteiger partial charge in [-0.05, 0) is 30.2 Å². The Morgan fingerprint density at radius 3 is 2.93 bits per heavy atom. The second-order valence-electron chi connectivity index (χ2n) is 6.51. The molecule has 1 aliphatic heterocycles. The molecule has 9 heteroatoms. The number of fused-ring (bicyclic) bond motifs is 1. The molecule has 0 saturated heterocycles. The third kappa shape index (κ3) is 3.47. The van der Waals surface area contributed by atoms with Crippen LogP contribution in [-0.2, 0) is 17.8 Å². The van der Waals surface area contributed by atoms with Crippen molar-refractivity contribution in [1.82, 2.24) is 25.1 Å². The minimum absolute atomic E-state index is 0.151. The molecule has 4 N–H and O–H groups in total. The molecular weight excluding hydrogens is 360 g/mol. The number of carbonyl (C=O) groups is 2. The van der Waals surface area contributed by atoms with Gasteiger partial charge in [-0.1, -0.05) is 18.2 Å². The van der Waals surface area contributed by atoms with Gasteiger partial charge >= 0.3 is 5.97 Å². The molecule has 0 radical (unpaired) electrons. The fraction of sp³-hybridized carbons (Fsp3) is 0.211. The number of aliphatic carboxylic acids is 1. The van der Waals surface area contributed by atoms with Crippen molar-refractivity contribution in [3.8, 4) is 22.8 Å². The van der Waals surface area contributed by atoms with E-state index in [9.17, 15) is 9.59 Å². The van der Waals surface area contributed by atoms with Crippen molar-refractivity contribution in [3.63, 3.8) is 0 Å². The van der Waals surface area contributed by atoms with Crippen molar-refractivity contribution in [1.29, 1.82) is 0 Å². The number of carbonyl (C=O) groups excluding carboxylic acids is 1. The zero-order chi connectivity index (χ0) is 19.7. The average Bonchev–Trinajstić information content (AvgIpc) is 3.14. The van der Waals surface area contributed by atoms with Crippen molar-refractivity contribution in [2.24, 2.45) is 5.73 Å². The summed E-state index contributed by atoms with van der Waals surface area (Å²) in [6.45, 7) is 1.16. The third-order valence-electron chi connectivity index (χ3n) is 4.50. The van der Waals surface area contributed by atoms with Gasteiger partial charge in [-0.25, -0.2) is 9.97 Å². The molecule has 0 bridgehead atoms. The van der Waals surface area contributed by atoms with Gasteiger partial charge in [0.25, 0.3) is 5.91 Å². The van der Waals surface area contributed by atoms with Gasteiger partial charge < -0.3 is 16.2 Å². The number of benzene rings is 1. The zero-order valence-corrected chi connectivity index (χ0v) is 14.9. The SMILES string of the molecule is NC(Cc1cccc(-c2nccc(-c3cc4n(n3)CCNC4=O)n2)c1)C(=O)O. The van der Waals surface area contributed by atoms with E-state index in [0.29, 0.717) is 36.0 Å². The van der Waals surface area contributed by atoms with Crippen LogP contribution in [0.2, 0.25) is 0 Å². The molecule has 1 amide bonds. The lowest BCUT2D eigenvalue weighted by Gasteiger charge is -2.13. The van der Waals surface area contributed by atoms with E-state index in [2.05, 4.69) is 20.4 Å². The minimum atomic E-state index is -1.04. The van der Waals surface area contributed by atoms with E-state index in [1.807, 2.05) is 24.3 Å². The molecule has 0 spiro atoms. The highest BCUT2D eigenvalue weighted by Gasteiger charge is 2.20. The molecule has 1 aromatic carbocycles. The minimum Gasteiger partial charge on any atom is -0.480 e. The molecule has 0 saturated carbocycles. The molecule has 2 aromatic heterocycles. The fourth-order valence-corrected chi connectivity index (χ4v) is 3.08. The summed E-state index contributed by atoms with van der Waals surface area (Å²) >= 11 is 0. The lowest BCUT2D eigenvalue weighted by Crippen LogP contribution is -2.35. The van der Waals surface area contributed by atoms with E-state index < -0.39 is 12.0 Å². The predicted molar refractivity (Wildman–Crippen MR) is 100 cm³/mol. The largest absolute Gasteiger partial charge is 0.480 e. The number of nitrogens with one attached hydrogen (secondary N) is 1. The fourth-order valence-electron chi connectivity index (χ4n) is 3.08. The molecule has 1 aliphatic rings. The van der Waals surface area contributed by atoms with Crippen LogP contribution in [-0.4, -0.2) is 49.3 Å². The van der Waals surface area contributed by atoms with Crippen LogP contribution in [0.1, 0.15) is 16.1 Å². The van der Waals surface area contributed by atoms with E-state index in [-0.39, 0.29) is 12.3 Å². The molecule has 3 heterocycles. The molecule has 0 aliphatic carbocycles. The van der Waals surface area contributed by atoms with Crippen molar-refractivity contribution in [3.05, 3.63) is 53.9 Å². The van der Waals surface area contributed by atoms with E-state index in [0.717, 1.165) is 11.1 Å². The highest BCUT2D eigenvalue weighted by Crippen LogP contribution is 2.22. The molecule has 9 nitrogen and oxygen atoms in total. The number of hydrogen-bond donors (Lipinski definition) is 3. The highest BCUT2D eigenvalue weighted by atomic mass is 16.4. The number of carboxylic acid groups (broad SMARTS) is 1. The summed E-state index contributed by atoms with van der Waals surface area (Å²) in [6.07, 6.45) is 1.84. The van der Waals surface area contributed by atoms with Crippen molar-refractivity contribution in [2.75, 3.05) is 6.54 Å². The molecule has 142 valence electrons. The average molecular weight is 378 g/mol. The Labute approximate surface area is 160 Å². The monoisotopic (exact) mass is 378 g/mol. The van der Waals surface area contributed by atoms with Crippen LogP contribution in [0, 0.1) is 0 Å². The summed E-state index contributed by atoms with van der Waals surface area (Å²) < 4.78 is 1.67. The summed E-state index contributed by atoms with van der Waals surface area (Å²) in [5, 5.41) is 16.2. The third-order valence-corrected chi connectivity index (χ3v) is 4.50. The normalized spacial score (nSPS) is 14.2. The van der Waals surface area contributed by atoms with Crippen LogP contribution in [0.5, 0.6) is 0 Å². The Balaban J connectivity index is 1.65. The van der Waals surface area contributed by atoms with Crippen LogP contribution in [0.15, 0.2) is 42.6 Å². The number of aromatic nitrogens is 4. The van der Waals surface area contributed by atoms with Gasteiger partial charge in [0.2, 0.25) is 0 Å². The van der Waals surface area contributed by atoms with Crippen LogP contribution in [0.4, 0.5) is 0 Å². The highest BCUT2D eigenvalue weighted by molar-refractivity contribution is 5.94. The molecule has 4 rings (SSSR count).